The van der Waals surface area contributed by atoms with E-state index in [0.717, 1.165) is 15.2 Å². The SMILES string of the molecule is CN(CC#N)Cc1nc2cc(Cl)ccc2s1. The van der Waals surface area contributed by atoms with Crippen molar-refractivity contribution < 1.29 is 0 Å². The average Bonchev–Trinajstić information content (AvgIpc) is 2.59. The second-order valence-electron chi connectivity index (χ2n) is 3.55. The summed E-state index contributed by atoms with van der Waals surface area (Å²) in [5.74, 6) is 0. The van der Waals surface area contributed by atoms with E-state index in [1.807, 2.05) is 30.1 Å². The Hall–Kier alpha value is -1.15. The maximum atomic E-state index is 8.56. The van der Waals surface area contributed by atoms with Crippen LogP contribution < -0.4 is 0 Å². The first-order chi connectivity index (χ1) is 7.69. The van der Waals surface area contributed by atoms with Crippen LogP contribution in [0.15, 0.2) is 18.2 Å². The van der Waals surface area contributed by atoms with E-state index in [4.69, 9.17) is 16.9 Å². The highest BCUT2D eigenvalue weighted by Gasteiger charge is 2.06. The molecule has 0 spiro atoms. The summed E-state index contributed by atoms with van der Waals surface area (Å²) in [7, 11) is 1.91. The van der Waals surface area contributed by atoms with Crippen LogP contribution in [0.5, 0.6) is 0 Å². The molecular weight excluding hydrogens is 242 g/mol. The zero-order chi connectivity index (χ0) is 11.5. The van der Waals surface area contributed by atoms with Gasteiger partial charge < -0.3 is 0 Å². The van der Waals surface area contributed by atoms with E-state index < -0.39 is 0 Å². The number of fused-ring (bicyclic) bond motifs is 1. The van der Waals surface area contributed by atoms with Crippen LogP contribution in [0.4, 0.5) is 0 Å². The first-order valence-corrected chi connectivity index (χ1v) is 5.99. The lowest BCUT2D eigenvalue weighted by atomic mass is 10.3. The van der Waals surface area contributed by atoms with E-state index in [9.17, 15) is 0 Å². The van der Waals surface area contributed by atoms with Crippen molar-refractivity contribution >= 4 is 33.2 Å². The van der Waals surface area contributed by atoms with Gasteiger partial charge >= 0.3 is 0 Å². The lowest BCUT2D eigenvalue weighted by Crippen LogP contribution is -2.17. The number of halogens is 1. The van der Waals surface area contributed by atoms with Crippen LogP contribution in [-0.4, -0.2) is 23.5 Å². The maximum absolute atomic E-state index is 8.56. The molecule has 16 heavy (non-hydrogen) atoms. The van der Waals surface area contributed by atoms with Gasteiger partial charge in [-0.2, -0.15) is 5.26 Å². The quantitative estimate of drug-likeness (QED) is 0.788. The summed E-state index contributed by atoms with van der Waals surface area (Å²) in [6.45, 7) is 1.11. The molecule has 0 aliphatic carbocycles. The van der Waals surface area contributed by atoms with Crippen molar-refractivity contribution in [2.24, 2.45) is 0 Å². The average molecular weight is 252 g/mol. The summed E-state index contributed by atoms with van der Waals surface area (Å²) < 4.78 is 1.13. The van der Waals surface area contributed by atoms with Crippen molar-refractivity contribution in [3.05, 3.63) is 28.2 Å². The molecule has 0 saturated carbocycles. The standard InChI is InChI=1S/C11H10ClN3S/c1-15(5-4-13)7-11-14-9-6-8(12)2-3-10(9)16-11/h2-3,6H,5,7H2,1H3. The van der Waals surface area contributed by atoms with Crippen LogP contribution in [0, 0.1) is 11.3 Å². The van der Waals surface area contributed by atoms with E-state index in [0.29, 0.717) is 18.1 Å². The number of nitrogens with zero attached hydrogens (tertiary/aromatic N) is 3. The lowest BCUT2D eigenvalue weighted by Gasteiger charge is -2.08. The maximum Gasteiger partial charge on any atom is 0.108 e. The van der Waals surface area contributed by atoms with E-state index in [-0.39, 0.29) is 0 Å². The molecule has 2 aromatic rings. The zero-order valence-corrected chi connectivity index (χ0v) is 10.3. The predicted octanol–water partition coefficient (Wildman–Crippen LogP) is 2.91. The van der Waals surface area contributed by atoms with Gasteiger partial charge in [0.2, 0.25) is 0 Å². The van der Waals surface area contributed by atoms with Gasteiger partial charge in [0.25, 0.3) is 0 Å². The molecule has 0 unspecified atom stereocenters. The van der Waals surface area contributed by atoms with Crippen LogP contribution >= 0.6 is 22.9 Å². The van der Waals surface area contributed by atoms with Gasteiger partial charge in [-0.05, 0) is 25.2 Å². The molecule has 0 N–H and O–H groups in total. The van der Waals surface area contributed by atoms with Gasteiger partial charge in [0, 0.05) is 5.02 Å². The number of aromatic nitrogens is 1. The normalized spacial score (nSPS) is 10.9. The first-order valence-electron chi connectivity index (χ1n) is 4.79. The van der Waals surface area contributed by atoms with Crippen LogP contribution in [0.2, 0.25) is 5.02 Å². The number of benzene rings is 1. The van der Waals surface area contributed by atoms with Gasteiger partial charge in [0.1, 0.15) is 5.01 Å². The third kappa shape index (κ3) is 2.50. The Kier molecular flexibility index (Phi) is 3.39. The van der Waals surface area contributed by atoms with Crippen LogP contribution in [0.1, 0.15) is 5.01 Å². The Morgan fingerprint density at radius 3 is 3.12 bits per heavy atom. The second kappa shape index (κ2) is 4.79. The molecule has 0 aliphatic heterocycles. The predicted molar refractivity (Wildman–Crippen MR) is 66.6 cm³/mol. The summed E-state index contributed by atoms with van der Waals surface area (Å²) in [6.07, 6.45) is 0. The van der Waals surface area contributed by atoms with Gasteiger partial charge in [-0.1, -0.05) is 11.6 Å². The minimum atomic E-state index is 0.413. The Bertz CT molecular complexity index is 544. The van der Waals surface area contributed by atoms with E-state index >= 15 is 0 Å². The summed E-state index contributed by atoms with van der Waals surface area (Å²) >= 11 is 7.53. The topological polar surface area (TPSA) is 39.9 Å². The van der Waals surface area contributed by atoms with Crippen LogP contribution in [0.3, 0.4) is 0 Å². The minimum Gasteiger partial charge on any atom is -0.287 e. The molecule has 0 saturated heterocycles. The van der Waals surface area contributed by atoms with Crippen molar-refractivity contribution in [3.63, 3.8) is 0 Å². The lowest BCUT2D eigenvalue weighted by molar-refractivity contribution is 0.367. The largest absolute Gasteiger partial charge is 0.287 e. The molecule has 82 valence electrons. The molecule has 0 radical (unpaired) electrons. The molecule has 5 heteroatoms. The zero-order valence-electron chi connectivity index (χ0n) is 8.77. The highest BCUT2D eigenvalue weighted by atomic mass is 35.5. The number of hydrogen-bond donors (Lipinski definition) is 0. The van der Waals surface area contributed by atoms with Crippen molar-refractivity contribution in [1.29, 1.82) is 5.26 Å². The summed E-state index contributed by atoms with van der Waals surface area (Å²) in [5.41, 5.74) is 0.929. The molecule has 0 atom stereocenters. The van der Waals surface area contributed by atoms with E-state index in [1.54, 1.807) is 11.3 Å². The van der Waals surface area contributed by atoms with E-state index in [1.165, 1.54) is 0 Å². The molecule has 1 aromatic carbocycles. The molecule has 0 fully saturated rings. The second-order valence-corrected chi connectivity index (χ2v) is 5.10. The molecule has 0 bridgehead atoms. The van der Waals surface area contributed by atoms with Crippen molar-refractivity contribution in [2.45, 2.75) is 6.54 Å². The van der Waals surface area contributed by atoms with Gasteiger partial charge in [0.15, 0.2) is 0 Å². The van der Waals surface area contributed by atoms with Crippen LogP contribution in [-0.2, 0) is 6.54 Å². The first kappa shape index (κ1) is 11.3. The minimum absolute atomic E-state index is 0.413. The fourth-order valence-electron chi connectivity index (χ4n) is 1.42. The Morgan fingerprint density at radius 2 is 2.38 bits per heavy atom. The summed E-state index contributed by atoms with van der Waals surface area (Å²) in [5, 5.41) is 10.3. The number of thiazole rings is 1. The van der Waals surface area contributed by atoms with Crippen molar-refractivity contribution in [3.8, 4) is 6.07 Å². The highest BCUT2D eigenvalue weighted by molar-refractivity contribution is 7.18. The Morgan fingerprint density at radius 1 is 1.56 bits per heavy atom. The summed E-state index contributed by atoms with van der Waals surface area (Å²) in [4.78, 5) is 6.41. The molecule has 0 aliphatic rings. The molecule has 2 rings (SSSR count). The smallest absolute Gasteiger partial charge is 0.108 e. The summed E-state index contributed by atoms with van der Waals surface area (Å²) in [6, 6.07) is 7.82. The number of nitriles is 1. The molecule has 1 aromatic heterocycles. The van der Waals surface area contributed by atoms with Crippen molar-refractivity contribution in [2.75, 3.05) is 13.6 Å². The Labute approximate surface area is 103 Å². The van der Waals surface area contributed by atoms with Gasteiger partial charge in [-0.15, -0.1) is 11.3 Å². The highest BCUT2D eigenvalue weighted by Crippen LogP contribution is 2.25. The van der Waals surface area contributed by atoms with Gasteiger partial charge in [-0.3, -0.25) is 4.90 Å². The molecule has 0 amide bonds. The number of rotatable bonds is 3. The monoisotopic (exact) mass is 251 g/mol. The fourth-order valence-corrected chi connectivity index (χ4v) is 2.62. The molecule has 3 nitrogen and oxygen atoms in total. The third-order valence-electron chi connectivity index (χ3n) is 2.14. The fraction of sp³-hybridized carbons (Fsp3) is 0.273. The van der Waals surface area contributed by atoms with E-state index in [2.05, 4.69) is 11.1 Å². The Balaban J connectivity index is 2.23. The van der Waals surface area contributed by atoms with Crippen molar-refractivity contribution in [1.82, 2.24) is 9.88 Å². The number of hydrogen-bond acceptors (Lipinski definition) is 4. The molecular formula is C11H10ClN3S. The third-order valence-corrected chi connectivity index (χ3v) is 3.40. The molecule has 1 heterocycles. The van der Waals surface area contributed by atoms with Gasteiger partial charge in [0.05, 0.1) is 29.4 Å². The van der Waals surface area contributed by atoms with Gasteiger partial charge in [-0.25, -0.2) is 4.98 Å². The van der Waals surface area contributed by atoms with Crippen LogP contribution in [0.25, 0.3) is 10.2 Å².